The molecule has 1 aromatic heterocycles. The van der Waals surface area contributed by atoms with Crippen LogP contribution in [0.2, 0.25) is 0 Å². The number of hydrogen-bond acceptors (Lipinski definition) is 3. The number of thioether (sulfide) groups is 1. The molecule has 0 bridgehead atoms. The summed E-state index contributed by atoms with van der Waals surface area (Å²) in [5.74, 6) is 1.03. The molecule has 96 valence electrons. The summed E-state index contributed by atoms with van der Waals surface area (Å²) in [6.45, 7) is 3.98. The average Bonchev–Trinajstić information content (AvgIpc) is 2.85. The van der Waals surface area contributed by atoms with E-state index in [1.807, 2.05) is 35.2 Å². The molecule has 1 aromatic carbocycles. The molecule has 0 aliphatic heterocycles. The van der Waals surface area contributed by atoms with Gasteiger partial charge in [0.25, 0.3) is 0 Å². The summed E-state index contributed by atoms with van der Waals surface area (Å²) in [5, 5.41) is 9.45. The Bertz CT molecular complexity index is 485. The van der Waals surface area contributed by atoms with E-state index in [4.69, 9.17) is 0 Å². The maximum Gasteiger partial charge on any atom is 0.0761 e. The second kappa shape index (κ2) is 6.41. The van der Waals surface area contributed by atoms with E-state index in [-0.39, 0.29) is 6.10 Å². The number of aryl methyl sites for hydroxylation is 1. The highest BCUT2D eigenvalue weighted by molar-refractivity contribution is 7.98. The predicted molar refractivity (Wildman–Crippen MR) is 80.3 cm³/mol. The van der Waals surface area contributed by atoms with Crippen LogP contribution >= 0.6 is 23.1 Å². The standard InChI is InChI=1S/C15H18OS2/c1-3-13-8-9-15(18-13)10-17-14-6-4-12(5-7-14)11(2)16/h4-9,11,16H,3,10H2,1-2H3. The highest BCUT2D eigenvalue weighted by atomic mass is 32.2. The van der Waals surface area contributed by atoms with Crippen LogP contribution in [0.4, 0.5) is 0 Å². The van der Waals surface area contributed by atoms with Crippen molar-refractivity contribution in [1.29, 1.82) is 0 Å². The van der Waals surface area contributed by atoms with E-state index in [1.165, 1.54) is 14.6 Å². The molecule has 0 radical (unpaired) electrons. The Labute approximate surface area is 117 Å². The van der Waals surface area contributed by atoms with Gasteiger partial charge in [-0.2, -0.15) is 0 Å². The summed E-state index contributed by atoms with van der Waals surface area (Å²) in [6.07, 6.45) is 0.742. The van der Waals surface area contributed by atoms with Crippen molar-refractivity contribution in [3.63, 3.8) is 0 Å². The molecule has 0 saturated heterocycles. The zero-order valence-corrected chi connectivity index (χ0v) is 12.4. The molecule has 3 heteroatoms. The highest BCUT2D eigenvalue weighted by Crippen LogP contribution is 2.28. The fourth-order valence-corrected chi connectivity index (χ4v) is 3.59. The Morgan fingerprint density at radius 3 is 2.33 bits per heavy atom. The van der Waals surface area contributed by atoms with Gasteiger partial charge in [0, 0.05) is 20.4 Å². The summed E-state index contributed by atoms with van der Waals surface area (Å²) in [6, 6.07) is 12.6. The normalized spacial score (nSPS) is 12.6. The summed E-state index contributed by atoms with van der Waals surface area (Å²) < 4.78 is 0. The number of aliphatic hydroxyl groups is 1. The van der Waals surface area contributed by atoms with Gasteiger partial charge in [-0.3, -0.25) is 0 Å². The lowest BCUT2D eigenvalue weighted by Gasteiger charge is -2.05. The van der Waals surface area contributed by atoms with Gasteiger partial charge in [-0.1, -0.05) is 19.1 Å². The molecule has 0 aliphatic rings. The third kappa shape index (κ3) is 3.61. The van der Waals surface area contributed by atoms with Crippen LogP contribution in [-0.2, 0) is 12.2 Å². The van der Waals surface area contributed by atoms with Crippen LogP contribution in [0.15, 0.2) is 41.3 Å². The second-order valence-corrected chi connectivity index (χ2v) is 6.56. The molecular formula is C15H18OS2. The summed E-state index contributed by atoms with van der Waals surface area (Å²) in [5.41, 5.74) is 0.976. The quantitative estimate of drug-likeness (QED) is 0.803. The molecule has 0 spiro atoms. The van der Waals surface area contributed by atoms with E-state index < -0.39 is 0 Å². The number of thiophene rings is 1. The van der Waals surface area contributed by atoms with Crippen molar-refractivity contribution in [3.8, 4) is 0 Å². The molecule has 18 heavy (non-hydrogen) atoms. The van der Waals surface area contributed by atoms with Gasteiger partial charge in [-0.25, -0.2) is 0 Å². The number of rotatable bonds is 5. The molecule has 0 aliphatic carbocycles. The van der Waals surface area contributed by atoms with Crippen molar-refractivity contribution in [3.05, 3.63) is 51.7 Å². The minimum absolute atomic E-state index is 0.381. The summed E-state index contributed by atoms with van der Waals surface area (Å²) in [4.78, 5) is 4.14. The number of benzene rings is 1. The van der Waals surface area contributed by atoms with Crippen molar-refractivity contribution in [2.45, 2.75) is 37.0 Å². The number of aliphatic hydroxyl groups excluding tert-OH is 1. The molecule has 0 fully saturated rings. The van der Waals surface area contributed by atoms with Crippen molar-refractivity contribution in [2.75, 3.05) is 0 Å². The monoisotopic (exact) mass is 278 g/mol. The molecule has 0 saturated carbocycles. The SMILES string of the molecule is CCc1ccc(CSc2ccc(C(C)O)cc2)s1. The maximum atomic E-state index is 9.45. The van der Waals surface area contributed by atoms with Gasteiger partial charge >= 0.3 is 0 Å². The molecule has 1 unspecified atom stereocenters. The third-order valence-corrected chi connectivity index (χ3v) is 5.28. The van der Waals surface area contributed by atoms with Crippen LogP contribution < -0.4 is 0 Å². The van der Waals surface area contributed by atoms with Crippen LogP contribution in [0.3, 0.4) is 0 Å². The second-order valence-electron chi connectivity index (χ2n) is 4.26. The molecule has 2 rings (SSSR count). The van der Waals surface area contributed by atoms with E-state index >= 15 is 0 Å². The minimum Gasteiger partial charge on any atom is -0.389 e. The van der Waals surface area contributed by atoms with Gasteiger partial charge in [0.05, 0.1) is 6.10 Å². The first-order chi connectivity index (χ1) is 8.69. The molecule has 2 aromatic rings. The first-order valence-corrected chi connectivity index (χ1v) is 7.97. The Hall–Kier alpha value is -0.770. The molecule has 1 heterocycles. The first kappa shape index (κ1) is 13.7. The maximum absolute atomic E-state index is 9.45. The average molecular weight is 278 g/mol. The third-order valence-electron chi connectivity index (χ3n) is 2.81. The predicted octanol–water partition coefficient (Wildman–Crippen LogP) is 4.66. The van der Waals surface area contributed by atoms with Crippen LogP contribution in [0.1, 0.15) is 35.3 Å². The lowest BCUT2D eigenvalue weighted by atomic mass is 10.1. The number of hydrogen-bond donors (Lipinski definition) is 1. The Morgan fingerprint density at radius 2 is 1.78 bits per heavy atom. The van der Waals surface area contributed by atoms with E-state index in [2.05, 4.69) is 31.2 Å². The Balaban J connectivity index is 1.93. The molecule has 1 atom stereocenters. The molecular weight excluding hydrogens is 260 g/mol. The zero-order valence-electron chi connectivity index (χ0n) is 10.7. The smallest absolute Gasteiger partial charge is 0.0761 e. The van der Waals surface area contributed by atoms with Crippen molar-refractivity contribution in [1.82, 2.24) is 0 Å². The van der Waals surface area contributed by atoms with Crippen LogP contribution in [0.5, 0.6) is 0 Å². The van der Waals surface area contributed by atoms with Gasteiger partial charge in [-0.15, -0.1) is 23.1 Å². The van der Waals surface area contributed by atoms with Gasteiger partial charge in [0.2, 0.25) is 0 Å². The van der Waals surface area contributed by atoms with Crippen LogP contribution in [0.25, 0.3) is 0 Å². The van der Waals surface area contributed by atoms with Gasteiger partial charge in [0.15, 0.2) is 0 Å². The minimum atomic E-state index is -0.381. The van der Waals surface area contributed by atoms with Crippen LogP contribution in [0, 0.1) is 0 Å². The lowest BCUT2D eigenvalue weighted by molar-refractivity contribution is 0.199. The van der Waals surface area contributed by atoms with E-state index in [1.54, 1.807) is 6.92 Å². The topological polar surface area (TPSA) is 20.2 Å². The van der Waals surface area contributed by atoms with Gasteiger partial charge < -0.3 is 5.11 Å². The van der Waals surface area contributed by atoms with E-state index in [0.717, 1.165) is 17.7 Å². The molecule has 1 N–H and O–H groups in total. The largest absolute Gasteiger partial charge is 0.389 e. The van der Waals surface area contributed by atoms with Gasteiger partial charge in [-0.05, 0) is 43.2 Å². The zero-order chi connectivity index (χ0) is 13.0. The Kier molecular flexibility index (Phi) is 4.87. The van der Waals surface area contributed by atoms with E-state index in [9.17, 15) is 5.11 Å². The van der Waals surface area contributed by atoms with Crippen molar-refractivity contribution < 1.29 is 5.11 Å². The Morgan fingerprint density at radius 1 is 1.11 bits per heavy atom. The highest BCUT2D eigenvalue weighted by Gasteiger charge is 2.02. The van der Waals surface area contributed by atoms with Crippen molar-refractivity contribution in [2.24, 2.45) is 0 Å². The lowest BCUT2D eigenvalue weighted by Crippen LogP contribution is -1.89. The fourth-order valence-electron chi connectivity index (χ4n) is 1.69. The molecule has 0 amide bonds. The summed E-state index contributed by atoms with van der Waals surface area (Å²) >= 11 is 3.75. The molecule has 1 nitrogen and oxygen atoms in total. The van der Waals surface area contributed by atoms with E-state index in [0.29, 0.717) is 0 Å². The van der Waals surface area contributed by atoms with Gasteiger partial charge in [0.1, 0.15) is 0 Å². The first-order valence-electron chi connectivity index (χ1n) is 6.17. The summed E-state index contributed by atoms with van der Waals surface area (Å²) in [7, 11) is 0. The van der Waals surface area contributed by atoms with Crippen LogP contribution in [-0.4, -0.2) is 5.11 Å². The van der Waals surface area contributed by atoms with Crippen molar-refractivity contribution >= 4 is 23.1 Å². The fraction of sp³-hybridized carbons (Fsp3) is 0.333.